The highest BCUT2D eigenvalue weighted by Crippen LogP contribution is 2.35. The zero-order valence-electron chi connectivity index (χ0n) is 12.5. The molecule has 0 atom stereocenters. The van der Waals surface area contributed by atoms with E-state index in [0.29, 0.717) is 12.5 Å². The summed E-state index contributed by atoms with van der Waals surface area (Å²) in [5, 5.41) is 4.37. The Hall–Kier alpha value is -1.00. The summed E-state index contributed by atoms with van der Waals surface area (Å²) in [4.78, 5) is 0. The molecular formula is C16H25F3N2. The fraction of sp³-hybridized carbons (Fsp3) is 0.812. The van der Waals surface area contributed by atoms with Gasteiger partial charge >= 0.3 is 6.18 Å². The molecule has 0 unspecified atom stereocenters. The molecule has 1 aromatic rings. The van der Waals surface area contributed by atoms with Crippen molar-refractivity contribution in [2.45, 2.75) is 82.8 Å². The lowest BCUT2D eigenvalue weighted by Gasteiger charge is -2.06. The summed E-state index contributed by atoms with van der Waals surface area (Å²) < 4.78 is 38.0. The molecule has 2 rings (SSSR count). The van der Waals surface area contributed by atoms with E-state index in [-0.39, 0.29) is 6.42 Å². The Bertz CT molecular complexity index is 408. The SMILES string of the molecule is FC(F)(F)CCCCCCCCCc1ccnn1C1CC1. The van der Waals surface area contributed by atoms with Gasteiger partial charge in [0.2, 0.25) is 0 Å². The normalized spacial score (nSPS) is 15.6. The number of hydrogen-bond donors (Lipinski definition) is 0. The molecule has 1 fully saturated rings. The fourth-order valence-corrected chi connectivity index (χ4v) is 2.70. The first-order chi connectivity index (χ1) is 10.1. The summed E-state index contributed by atoms with van der Waals surface area (Å²) >= 11 is 0. The highest BCUT2D eigenvalue weighted by atomic mass is 19.4. The van der Waals surface area contributed by atoms with Gasteiger partial charge in [0.05, 0.1) is 6.04 Å². The molecule has 1 aliphatic carbocycles. The Kier molecular flexibility index (Phi) is 6.12. The molecule has 5 heteroatoms. The minimum atomic E-state index is -3.98. The maximum atomic E-state index is 12.0. The summed E-state index contributed by atoms with van der Waals surface area (Å²) in [5.41, 5.74) is 1.34. The Morgan fingerprint density at radius 3 is 2.24 bits per heavy atom. The van der Waals surface area contributed by atoms with Gasteiger partial charge in [0.15, 0.2) is 0 Å². The number of unbranched alkanes of at least 4 members (excludes halogenated alkanes) is 6. The topological polar surface area (TPSA) is 17.8 Å². The van der Waals surface area contributed by atoms with Gasteiger partial charge in [-0.15, -0.1) is 0 Å². The molecule has 0 bridgehead atoms. The van der Waals surface area contributed by atoms with Crippen molar-refractivity contribution in [1.82, 2.24) is 9.78 Å². The average Bonchev–Trinajstić information content (AvgIpc) is 3.15. The molecule has 0 spiro atoms. The van der Waals surface area contributed by atoms with Crippen LogP contribution in [-0.4, -0.2) is 16.0 Å². The third kappa shape index (κ3) is 6.53. The van der Waals surface area contributed by atoms with Gasteiger partial charge in [0.1, 0.15) is 0 Å². The Labute approximate surface area is 124 Å². The smallest absolute Gasteiger partial charge is 0.267 e. The third-order valence-electron chi connectivity index (χ3n) is 4.04. The van der Waals surface area contributed by atoms with Crippen molar-refractivity contribution in [2.75, 3.05) is 0 Å². The second-order valence-electron chi connectivity index (χ2n) is 6.09. The van der Waals surface area contributed by atoms with Crippen molar-refractivity contribution in [3.8, 4) is 0 Å². The summed E-state index contributed by atoms with van der Waals surface area (Å²) in [6.07, 6.45) is 7.27. The Morgan fingerprint density at radius 2 is 1.62 bits per heavy atom. The Morgan fingerprint density at radius 1 is 1.00 bits per heavy atom. The van der Waals surface area contributed by atoms with Crippen LogP contribution in [0.25, 0.3) is 0 Å². The molecule has 1 aliphatic rings. The van der Waals surface area contributed by atoms with Crippen LogP contribution in [0.3, 0.4) is 0 Å². The number of hydrogen-bond acceptors (Lipinski definition) is 1. The number of halogens is 3. The number of alkyl halides is 3. The van der Waals surface area contributed by atoms with Crippen LogP contribution in [-0.2, 0) is 6.42 Å². The van der Waals surface area contributed by atoms with Crippen LogP contribution in [0.1, 0.15) is 75.9 Å². The molecule has 0 radical (unpaired) electrons. The van der Waals surface area contributed by atoms with Gasteiger partial charge < -0.3 is 0 Å². The van der Waals surface area contributed by atoms with Crippen molar-refractivity contribution < 1.29 is 13.2 Å². The third-order valence-corrected chi connectivity index (χ3v) is 4.04. The van der Waals surface area contributed by atoms with Crippen LogP contribution in [0.15, 0.2) is 12.3 Å². The van der Waals surface area contributed by atoms with Crippen LogP contribution < -0.4 is 0 Å². The molecular weight excluding hydrogens is 277 g/mol. The number of rotatable bonds is 10. The minimum Gasteiger partial charge on any atom is -0.267 e. The second kappa shape index (κ2) is 7.85. The predicted octanol–water partition coefficient (Wildman–Crippen LogP) is 5.44. The predicted molar refractivity (Wildman–Crippen MR) is 77.2 cm³/mol. The highest BCUT2D eigenvalue weighted by Gasteiger charge is 2.26. The van der Waals surface area contributed by atoms with Crippen LogP contribution in [0, 0.1) is 0 Å². The van der Waals surface area contributed by atoms with E-state index in [4.69, 9.17) is 0 Å². The Balaban J connectivity index is 1.44. The molecule has 0 amide bonds. The zero-order chi connectivity index (χ0) is 15.1. The first kappa shape index (κ1) is 16.4. The molecule has 0 aromatic carbocycles. The van der Waals surface area contributed by atoms with Gasteiger partial charge in [-0.3, -0.25) is 4.68 Å². The van der Waals surface area contributed by atoms with Crippen molar-refractivity contribution in [3.63, 3.8) is 0 Å². The lowest BCUT2D eigenvalue weighted by atomic mass is 10.1. The summed E-state index contributed by atoms with van der Waals surface area (Å²) in [6, 6.07) is 2.75. The van der Waals surface area contributed by atoms with Crippen LogP contribution in [0.4, 0.5) is 13.2 Å². The monoisotopic (exact) mass is 302 g/mol. The van der Waals surface area contributed by atoms with Gasteiger partial charge in [-0.2, -0.15) is 18.3 Å². The van der Waals surface area contributed by atoms with E-state index in [1.165, 1.54) is 18.5 Å². The maximum Gasteiger partial charge on any atom is 0.389 e. The largest absolute Gasteiger partial charge is 0.389 e. The van der Waals surface area contributed by atoms with Gasteiger partial charge in [0.25, 0.3) is 0 Å². The molecule has 1 heterocycles. The lowest BCUT2D eigenvalue weighted by Crippen LogP contribution is -2.06. The first-order valence-electron chi connectivity index (χ1n) is 8.15. The van der Waals surface area contributed by atoms with Crippen molar-refractivity contribution in [2.24, 2.45) is 0 Å². The lowest BCUT2D eigenvalue weighted by molar-refractivity contribution is -0.135. The molecule has 120 valence electrons. The molecule has 1 aromatic heterocycles. The molecule has 0 aliphatic heterocycles. The molecule has 21 heavy (non-hydrogen) atoms. The summed E-state index contributed by atoms with van der Waals surface area (Å²) in [5.74, 6) is 0. The van der Waals surface area contributed by atoms with Gasteiger partial charge in [-0.25, -0.2) is 0 Å². The summed E-state index contributed by atoms with van der Waals surface area (Å²) in [7, 11) is 0. The molecule has 1 saturated carbocycles. The van der Waals surface area contributed by atoms with E-state index >= 15 is 0 Å². The van der Waals surface area contributed by atoms with Gasteiger partial charge in [-0.1, -0.05) is 32.1 Å². The molecule has 2 nitrogen and oxygen atoms in total. The maximum absolute atomic E-state index is 12.0. The van der Waals surface area contributed by atoms with E-state index in [9.17, 15) is 13.2 Å². The van der Waals surface area contributed by atoms with Gasteiger partial charge in [0, 0.05) is 18.3 Å². The van der Waals surface area contributed by atoms with Crippen molar-refractivity contribution in [3.05, 3.63) is 18.0 Å². The highest BCUT2D eigenvalue weighted by molar-refractivity contribution is 5.04. The quantitative estimate of drug-likeness (QED) is 0.526. The van der Waals surface area contributed by atoms with Gasteiger partial charge in [-0.05, 0) is 38.2 Å². The van der Waals surface area contributed by atoms with E-state index in [2.05, 4.69) is 15.8 Å². The summed E-state index contributed by atoms with van der Waals surface area (Å²) in [6.45, 7) is 0. The number of aromatic nitrogens is 2. The van der Waals surface area contributed by atoms with Crippen molar-refractivity contribution >= 4 is 0 Å². The average molecular weight is 302 g/mol. The number of nitrogens with zero attached hydrogens (tertiary/aromatic N) is 2. The minimum absolute atomic E-state index is 0.282. The van der Waals surface area contributed by atoms with Crippen LogP contribution in [0.5, 0.6) is 0 Å². The van der Waals surface area contributed by atoms with E-state index in [1.807, 2.05) is 6.20 Å². The second-order valence-corrected chi connectivity index (χ2v) is 6.09. The van der Waals surface area contributed by atoms with Crippen molar-refractivity contribution in [1.29, 1.82) is 0 Å². The fourth-order valence-electron chi connectivity index (χ4n) is 2.70. The molecule has 0 saturated heterocycles. The standard InChI is InChI=1S/C16H25F3N2/c17-16(18,19)12-7-5-3-1-2-4-6-8-14-11-13-20-21(14)15-9-10-15/h11,13,15H,1-10,12H2. The molecule has 0 N–H and O–H groups in total. The van der Waals surface area contributed by atoms with Crippen LogP contribution >= 0.6 is 0 Å². The zero-order valence-corrected chi connectivity index (χ0v) is 12.5. The van der Waals surface area contributed by atoms with Crippen LogP contribution in [0.2, 0.25) is 0 Å². The number of aryl methyl sites for hydroxylation is 1. The van der Waals surface area contributed by atoms with E-state index in [1.54, 1.807) is 0 Å². The first-order valence-corrected chi connectivity index (χ1v) is 8.15. The van der Waals surface area contributed by atoms with E-state index < -0.39 is 12.6 Å². The van der Waals surface area contributed by atoms with E-state index in [0.717, 1.165) is 38.5 Å².